The predicted molar refractivity (Wildman–Crippen MR) is 109 cm³/mol. The first-order chi connectivity index (χ1) is 13.7. The maximum absolute atomic E-state index is 12.5. The van der Waals surface area contributed by atoms with Crippen LogP contribution >= 0.6 is 11.8 Å². The van der Waals surface area contributed by atoms with Gasteiger partial charge in [-0.05, 0) is 42.0 Å². The number of carbonyl (C=O) groups excluding carboxylic acids is 2. The molecule has 4 rings (SSSR count). The SMILES string of the molecule is COc1cccc(N2C(=O)CS[C@@H]2c2ccc(NC(=O)c3ccco3)cc2)c1. The normalized spacial score (nSPS) is 16.2. The summed E-state index contributed by atoms with van der Waals surface area (Å²) in [5.74, 6) is 1.13. The molecule has 7 heteroatoms. The number of amides is 2. The van der Waals surface area contributed by atoms with Gasteiger partial charge in [0.05, 0.1) is 19.1 Å². The number of benzene rings is 2. The van der Waals surface area contributed by atoms with E-state index in [1.54, 1.807) is 35.9 Å². The molecule has 0 saturated carbocycles. The summed E-state index contributed by atoms with van der Waals surface area (Å²) in [5, 5.41) is 2.66. The average Bonchev–Trinajstić information content (AvgIpc) is 3.39. The number of ether oxygens (including phenoxy) is 1. The fourth-order valence-corrected chi connectivity index (χ4v) is 4.22. The number of hydrogen-bond acceptors (Lipinski definition) is 5. The Morgan fingerprint density at radius 1 is 1.18 bits per heavy atom. The summed E-state index contributed by atoms with van der Waals surface area (Å²) in [4.78, 5) is 26.4. The van der Waals surface area contributed by atoms with Crippen molar-refractivity contribution in [2.75, 3.05) is 23.1 Å². The number of nitrogens with zero attached hydrogens (tertiary/aromatic N) is 1. The summed E-state index contributed by atoms with van der Waals surface area (Å²) in [6.07, 6.45) is 1.46. The molecule has 0 radical (unpaired) electrons. The fourth-order valence-electron chi connectivity index (χ4n) is 3.04. The summed E-state index contributed by atoms with van der Waals surface area (Å²) in [6.45, 7) is 0. The van der Waals surface area contributed by atoms with E-state index in [9.17, 15) is 9.59 Å². The molecular weight excluding hydrogens is 376 g/mol. The molecule has 3 aromatic rings. The quantitative estimate of drug-likeness (QED) is 0.698. The van der Waals surface area contributed by atoms with Crippen molar-refractivity contribution in [1.29, 1.82) is 0 Å². The van der Waals surface area contributed by atoms with Crippen molar-refractivity contribution in [1.82, 2.24) is 0 Å². The fraction of sp³-hybridized carbons (Fsp3) is 0.143. The zero-order valence-electron chi connectivity index (χ0n) is 15.1. The second kappa shape index (κ2) is 7.82. The van der Waals surface area contributed by atoms with E-state index in [0.29, 0.717) is 17.2 Å². The van der Waals surface area contributed by atoms with Crippen molar-refractivity contribution < 1.29 is 18.7 Å². The van der Waals surface area contributed by atoms with Crippen LogP contribution in [-0.4, -0.2) is 24.7 Å². The third-order valence-corrected chi connectivity index (χ3v) is 5.61. The minimum Gasteiger partial charge on any atom is -0.497 e. The second-order valence-electron chi connectivity index (χ2n) is 6.18. The minimum absolute atomic E-state index is 0.0541. The van der Waals surface area contributed by atoms with Crippen molar-refractivity contribution in [3.63, 3.8) is 0 Å². The molecule has 1 aliphatic heterocycles. The number of carbonyl (C=O) groups is 2. The lowest BCUT2D eigenvalue weighted by molar-refractivity contribution is -0.115. The van der Waals surface area contributed by atoms with Gasteiger partial charge in [-0.1, -0.05) is 18.2 Å². The minimum atomic E-state index is -0.304. The lowest BCUT2D eigenvalue weighted by Crippen LogP contribution is -2.27. The van der Waals surface area contributed by atoms with Crippen LogP contribution in [0.1, 0.15) is 21.5 Å². The summed E-state index contributed by atoms with van der Waals surface area (Å²) in [5.41, 5.74) is 2.44. The van der Waals surface area contributed by atoms with E-state index in [1.807, 2.05) is 48.5 Å². The first-order valence-electron chi connectivity index (χ1n) is 8.68. The summed E-state index contributed by atoms with van der Waals surface area (Å²) in [7, 11) is 1.60. The van der Waals surface area contributed by atoms with Gasteiger partial charge in [0.15, 0.2) is 5.76 Å². The van der Waals surface area contributed by atoms with Crippen LogP contribution in [0.4, 0.5) is 11.4 Å². The largest absolute Gasteiger partial charge is 0.497 e. The van der Waals surface area contributed by atoms with Crippen LogP contribution in [0.25, 0.3) is 0 Å². The van der Waals surface area contributed by atoms with Crippen LogP contribution in [0.5, 0.6) is 5.75 Å². The van der Waals surface area contributed by atoms with Crippen molar-refractivity contribution in [2.45, 2.75) is 5.37 Å². The van der Waals surface area contributed by atoms with E-state index in [-0.39, 0.29) is 22.9 Å². The van der Waals surface area contributed by atoms with Gasteiger partial charge in [-0.3, -0.25) is 14.5 Å². The summed E-state index contributed by atoms with van der Waals surface area (Å²) < 4.78 is 10.4. The Labute approximate surface area is 166 Å². The molecule has 2 heterocycles. The molecule has 2 aromatic carbocycles. The number of furan rings is 1. The Balaban J connectivity index is 1.54. The van der Waals surface area contributed by atoms with Crippen LogP contribution in [0.3, 0.4) is 0 Å². The molecule has 0 bridgehead atoms. The molecule has 1 atom stereocenters. The average molecular weight is 394 g/mol. The van der Waals surface area contributed by atoms with Crippen LogP contribution in [0, 0.1) is 0 Å². The van der Waals surface area contributed by atoms with Crippen LogP contribution in [0.15, 0.2) is 71.3 Å². The van der Waals surface area contributed by atoms with Gasteiger partial charge in [-0.25, -0.2) is 0 Å². The third-order valence-electron chi connectivity index (χ3n) is 4.40. The summed E-state index contributed by atoms with van der Waals surface area (Å²) >= 11 is 1.57. The van der Waals surface area contributed by atoms with Crippen LogP contribution in [-0.2, 0) is 4.79 Å². The number of methoxy groups -OCH3 is 1. The number of nitrogens with one attached hydrogen (secondary N) is 1. The first-order valence-corrected chi connectivity index (χ1v) is 9.73. The van der Waals surface area contributed by atoms with E-state index in [2.05, 4.69) is 5.32 Å². The predicted octanol–water partition coefficient (Wildman–Crippen LogP) is 4.32. The van der Waals surface area contributed by atoms with Gasteiger partial charge in [0.2, 0.25) is 5.91 Å². The molecule has 1 N–H and O–H groups in total. The maximum atomic E-state index is 12.5. The number of anilines is 2. The van der Waals surface area contributed by atoms with Crippen LogP contribution in [0.2, 0.25) is 0 Å². The molecule has 1 fully saturated rings. The van der Waals surface area contributed by atoms with E-state index < -0.39 is 0 Å². The van der Waals surface area contributed by atoms with Gasteiger partial charge in [-0.2, -0.15) is 0 Å². The highest BCUT2D eigenvalue weighted by molar-refractivity contribution is 8.00. The van der Waals surface area contributed by atoms with Gasteiger partial charge in [0, 0.05) is 17.4 Å². The molecule has 0 unspecified atom stereocenters. The maximum Gasteiger partial charge on any atom is 0.291 e. The number of hydrogen-bond donors (Lipinski definition) is 1. The Bertz CT molecular complexity index is 986. The second-order valence-corrected chi connectivity index (χ2v) is 7.25. The summed E-state index contributed by atoms with van der Waals surface area (Å²) in [6, 6.07) is 18.2. The van der Waals surface area contributed by atoms with Gasteiger partial charge in [-0.15, -0.1) is 11.8 Å². The molecule has 142 valence electrons. The lowest BCUT2D eigenvalue weighted by Gasteiger charge is -2.25. The molecule has 0 aliphatic carbocycles. The monoisotopic (exact) mass is 394 g/mol. The molecular formula is C21H18N2O4S. The third kappa shape index (κ3) is 3.61. The van der Waals surface area contributed by atoms with E-state index in [1.165, 1.54) is 6.26 Å². The highest BCUT2D eigenvalue weighted by Gasteiger charge is 2.34. The molecule has 28 heavy (non-hydrogen) atoms. The topological polar surface area (TPSA) is 71.8 Å². The molecule has 1 aliphatic rings. The van der Waals surface area contributed by atoms with E-state index >= 15 is 0 Å². The van der Waals surface area contributed by atoms with Crippen LogP contribution < -0.4 is 15.0 Å². The molecule has 2 amide bonds. The molecule has 1 saturated heterocycles. The highest BCUT2D eigenvalue weighted by atomic mass is 32.2. The van der Waals surface area contributed by atoms with Gasteiger partial charge < -0.3 is 14.5 Å². The number of thioether (sulfide) groups is 1. The Hall–Kier alpha value is -3.19. The van der Waals surface area contributed by atoms with Crippen molar-refractivity contribution in [2.24, 2.45) is 0 Å². The highest BCUT2D eigenvalue weighted by Crippen LogP contribution is 2.42. The lowest BCUT2D eigenvalue weighted by atomic mass is 10.1. The zero-order valence-corrected chi connectivity index (χ0v) is 15.9. The van der Waals surface area contributed by atoms with Gasteiger partial charge in [0.1, 0.15) is 11.1 Å². The van der Waals surface area contributed by atoms with Crippen molar-refractivity contribution in [3.8, 4) is 5.75 Å². The van der Waals surface area contributed by atoms with E-state index in [4.69, 9.17) is 9.15 Å². The van der Waals surface area contributed by atoms with Crippen molar-refractivity contribution in [3.05, 3.63) is 78.3 Å². The zero-order chi connectivity index (χ0) is 19.5. The molecule has 6 nitrogen and oxygen atoms in total. The van der Waals surface area contributed by atoms with Gasteiger partial charge >= 0.3 is 0 Å². The molecule has 1 aromatic heterocycles. The van der Waals surface area contributed by atoms with E-state index in [0.717, 1.165) is 11.3 Å². The van der Waals surface area contributed by atoms with Gasteiger partial charge in [0.25, 0.3) is 5.91 Å². The first kappa shape index (κ1) is 18.2. The Morgan fingerprint density at radius 2 is 2.00 bits per heavy atom. The molecule has 0 spiro atoms. The Kier molecular flexibility index (Phi) is 5.08. The Morgan fingerprint density at radius 3 is 2.71 bits per heavy atom. The van der Waals surface area contributed by atoms with Crippen molar-refractivity contribution >= 4 is 35.0 Å². The standard InChI is InChI=1S/C21H18N2O4S/c1-26-17-5-2-4-16(12-17)23-19(24)13-28-21(23)14-7-9-15(10-8-14)22-20(25)18-6-3-11-27-18/h2-12,21H,13H2,1H3,(H,22,25)/t21-/m1/s1. The number of rotatable bonds is 5. The smallest absolute Gasteiger partial charge is 0.291 e.